The van der Waals surface area contributed by atoms with Crippen molar-refractivity contribution in [2.75, 3.05) is 6.61 Å². The molecule has 98 valence electrons. The van der Waals surface area contributed by atoms with Crippen molar-refractivity contribution >= 4 is 0 Å². The van der Waals surface area contributed by atoms with Gasteiger partial charge in [0.2, 0.25) is 0 Å². The van der Waals surface area contributed by atoms with Gasteiger partial charge in [-0.25, -0.2) is 0 Å². The van der Waals surface area contributed by atoms with Crippen LogP contribution in [-0.2, 0) is 4.74 Å². The minimum Gasteiger partial charge on any atom is -0.377 e. The molecule has 0 aliphatic rings. The van der Waals surface area contributed by atoms with Gasteiger partial charge in [0.15, 0.2) is 0 Å². The third-order valence-corrected chi connectivity index (χ3v) is 3.17. The smallest absolute Gasteiger partial charge is 0.0697 e. The fourth-order valence-electron chi connectivity index (χ4n) is 1.96. The lowest BCUT2D eigenvalue weighted by atomic mass is 10.0. The number of nitrogens with two attached hydrogens (primary N) is 1. The van der Waals surface area contributed by atoms with E-state index in [0.717, 1.165) is 13.0 Å². The summed E-state index contributed by atoms with van der Waals surface area (Å²) in [6, 6.07) is 0.218. The number of unbranched alkanes of at least 4 members (excludes halogenated alkanes) is 6. The third-order valence-electron chi connectivity index (χ3n) is 3.17. The van der Waals surface area contributed by atoms with E-state index in [1.807, 2.05) is 6.92 Å². The molecule has 2 unspecified atom stereocenters. The van der Waals surface area contributed by atoms with Crippen LogP contribution < -0.4 is 5.73 Å². The zero-order chi connectivity index (χ0) is 12.2. The number of hydrogen-bond acceptors (Lipinski definition) is 2. The Balaban J connectivity index is 3.23. The summed E-state index contributed by atoms with van der Waals surface area (Å²) >= 11 is 0. The molecule has 0 aliphatic heterocycles. The summed E-state index contributed by atoms with van der Waals surface area (Å²) in [5, 5.41) is 0. The quantitative estimate of drug-likeness (QED) is 0.546. The van der Waals surface area contributed by atoms with Crippen LogP contribution in [0.25, 0.3) is 0 Å². The summed E-state index contributed by atoms with van der Waals surface area (Å²) < 4.78 is 5.49. The van der Waals surface area contributed by atoms with Crippen LogP contribution in [0.4, 0.5) is 0 Å². The van der Waals surface area contributed by atoms with Crippen LogP contribution in [0.5, 0.6) is 0 Å². The van der Waals surface area contributed by atoms with Crippen molar-refractivity contribution in [1.82, 2.24) is 0 Å². The van der Waals surface area contributed by atoms with Gasteiger partial charge < -0.3 is 10.5 Å². The molecular formula is C14H31NO. The van der Waals surface area contributed by atoms with Crippen LogP contribution >= 0.6 is 0 Å². The second-order valence-electron chi connectivity index (χ2n) is 4.73. The summed E-state index contributed by atoms with van der Waals surface area (Å²) in [6.45, 7) is 7.13. The maximum Gasteiger partial charge on any atom is 0.0697 e. The molecule has 2 heteroatoms. The van der Waals surface area contributed by atoms with E-state index in [9.17, 15) is 0 Å². The summed E-state index contributed by atoms with van der Waals surface area (Å²) in [5.74, 6) is 0. The van der Waals surface area contributed by atoms with Gasteiger partial charge in [-0.05, 0) is 20.3 Å². The fourth-order valence-corrected chi connectivity index (χ4v) is 1.96. The van der Waals surface area contributed by atoms with Crippen LogP contribution in [0.3, 0.4) is 0 Å². The van der Waals surface area contributed by atoms with E-state index in [-0.39, 0.29) is 12.1 Å². The second kappa shape index (κ2) is 11.4. The molecule has 2 nitrogen and oxygen atoms in total. The van der Waals surface area contributed by atoms with E-state index in [4.69, 9.17) is 10.5 Å². The minimum atomic E-state index is 0.213. The number of rotatable bonds is 11. The number of ether oxygens (including phenoxy) is 1. The van der Waals surface area contributed by atoms with E-state index in [2.05, 4.69) is 13.8 Å². The molecule has 0 spiro atoms. The van der Waals surface area contributed by atoms with Gasteiger partial charge in [-0.3, -0.25) is 0 Å². The molecule has 2 atom stereocenters. The van der Waals surface area contributed by atoms with E-state index in [1.165, 1.54) is 44.9 Å². The molecule has 0 aromatic heterocycles. The van der Waals surface area contributed by atoms with Crippen molar-refractivity contribution in [3.63, 3.8) is 0 Å². The first kappa shape index (κ1) is 15.9. The molecule has 0 bridgehead atoms. The first-order valence-corrected chi connectivity index (χ1v) is 7.09. The van der Waals surface area contributed by atoms with Gasteiger partial charge in [-0.1, -0.05) is 51.9 Å². The van der Waals surface area contributed by atoms with E-state index < -0.39 is 0 Å². The van der Waals surface area contributed by atoms with Gasteiger partial charge in [0, 0.05) is 12.6 Å². The average molecular weight is 229 g/mol. The lowest BCUT2D eigenvalue weighted by molar-refractivity contribution is 0.0549. The van der Waals surface area contributed by atoms with Crippen molar-refractivity contribution in [3.8, 4) is 0 Å². The monoisotopic (exact) mass is 229 g/mol. The van der Waals surface area contributed by atoms with Gasteiger partial charge in [0.1, 0.15) is 0 Å². The highest BCUT2D eigenvalue weighted by Crippen LogP contribution is 2.11. The first-order valence-electron chi connectivity index (χ1n) is 7.09. The lowest BCUT2D eigenvalue weighted by Gasteiger charge is -2.19. The maximum atomic E-state index is 6.04. The predicted octanol–water partition coefficient (Wildman–Crippen LogP) is 3.88. The van der Waals surface area contributed by atoms with Crippen LogP contribution in [0.2, 0.25) is 0 Å². The Morgan fingerprint density at radius 2 is 1.50 bits per heavy atom. The molecule has 16 heavy (non-hydrogen) atoms. The zero-order valence-electron chi connectivity index (χ0n) is 11.5. The minimum absolute atomic E-state index is 0.213. The Bertz CT molecular complexity index is 139. The van der Waals surface area contributed by atoms with Crippen molar-refractivity contribution in [1.29, 1.82) is 0 Å². The van der Waals surface area contributed by atoms with Crippen LogP contribution in [0.1, 0.15) is 72.1 Å². The second-order valence-corrected chi connectivity index (χ2v) is 4.73. The van der Waals surface area contributed by atoms with Crippen LogP contribution in [-0.4, -0.2) is 18.8 Å². The molecule has 0 fully saturated rings. The van der Waals surface area contributed by atoms with Crippen molar-refractivity contribution in [3.05, 3.63) is 0 Å². The molecule has 0 amide bonds. The largest absolute Gasteiger partial charge is 0.377 e. The normalized spacial score (nSPS) is 15.0. The lowest BCUT2D eigenvalue weighted by Crippen LogP contribution is -2.34. The zero-order valence-corrected chi connectivity index (χ0v) is 11.5. The van der Waals surface area contributed by atoms with Gasteiger partial charge in [-0.2, -0.15) is 0 Å². The topological polar surface area (TPSA) is 35.2 Å². The SMILES string of the molecule is CCCCCCCCCC(N)C(C)OCC. The highest BCUT2D eigenvalue weighted by molar-refractivity contribution is 4.68. The van der Waals surface area contributed by atoms with Crippen molar-refractivity contribution in [2.45, 2.75) is 84.3 Å². The highest BCUT2D eigenvalue weighted by Gasteiger charge is 2.11. The number of hydrogen-bond donors (Lipinski definition) is 1. The molecule has 0 aromatic carbocycles. The summed E-state index contributed by atoms with van der Waals surface area (Å²) in [7, 11) is 0. The summed E-state index contributed by atoms with van der Waals surface area (Å²) in [5.41, 5.74) is 6.04. The molecular weight excluding hydrogens is 198 g/mol. The first-order chi connectivity index (χ1) is 7.72. The van der Waals surface area contributed by atoms with Gasteiger partial charge in [-0.15, -0.1) is 0 Å². The Morgan fingerprint density at radius 1 is 0.938 bits per heavy atom. The van der Waals surface area contributed by atoms with Crippen LogP contribution in [0, 0.1) is 0 Å². The van der Waals surface area contributed by atoms with Gasteiger partial charge >= 0.3 is 0 Å². The third kappa shape index (κ3) is 9.17. The molecule has 0 saturated heterocycles. The van der Waals surface area contributed by atoms with E-state index in [0.29, 0.717) is 0 Å². The Labute approximate surface area is 102 Å². The Hall–Kier alpha value is -0.0800. The predicted molar refractivity (Wildman–Crippen MR) is 71.7 cm³/mol. The molecule has 0 radical (unpaired) electrons. The van der Waals surface area contributed by atoms with Crippen molar-refractivity contribution in [2.24, 2.45) is 5.73 Å². The standard InChI is InChI=1S/C14H31NO/c1-4-6-7-8-9-10-11-12-14(15)13(3)16-5-2/h13-14H,4-12,15H2,1-3H3. The molecule has 0 aliphatic carbocycles. The molecule has 2 N–H and O–H groups in total. The Kier molecular flexibility index (Phi) is 11.3. The van der Waals surface area contributed by atoms with Crippen LogP contribution in [0.15, 0.2) is 0 Å². The van der Waals surface area contributed by atoms with Gasteiger partial charge in [0.25, 0.3) is 0 Å². The molecule has 0 aromatic rings. The summed E-state index contributed by atoms with van der Waals surface area (Å²) in [6.07, 6.45) is 10.8. The van der Waals surface area contributed by atoms with E-state index >= 15 is 0 Å². The van der Waals surface area contributed by atoms with E-state index in [1.54, 1.807) is 0 Å². The Morgan fingerprint density at radius 3 is 2.06 bits per heavy atom. The molecule has 0 heterocycles. The molecule has 0 saturated carbocycles. The fraction of sp³-hybridized carbons (Fsp3) is 1.00. The average Bonchev–Trinajstić information content (AvgIpc) is 2.28. The maximum absolute atomic E-state index is 6.04. The van der Waals surface area contributed by atoms with Gasteiger partial charge in [0.05, 0.1) is 6.10 Å². The molecule has 0 rings (SSSR count). The summed E-state index contributed by atoms with van der Waals surface area (Å²) in [4.78, 5) is 0. The highest BCUT2D eigenvalue weighted by atomic mass is 16.5. The van der Waals surface area contributed by atoms with Crippen molar-refractivity contribution < 1.29 is 4.74 Å².